The molecule has 0 N–H and O–H groups in total. The predicted octanol–water partition coefficient (Wildman–Crippen LogP) is 1.53. The Hall–Kier alpha value is -0.110. The molecule has 0 amide bonds. The van der Waals surface area contributed by atoms with Crippen molar-refractivity contribution in [3.63, 3.8) is 0 Å². The Bertz CT molecular complexity index is 524. The van der Waals surface area contributed by atoms with Gasteiger partial charge in [0.2, 0.25) is 0 Å². The van der Waals surface area contributed by atoms with Gasteiger partial charge in [0.25, 0.3) is 0 Å². The lowest BCUT2D eigenvalue weighted by Gasteiger charge is -2.37. The Morgan fingerprint density at radius 1 is 1.18 bits per heavy atom. The third-order valence-corrected chi connectivity index (χ3v) is 8.53. The zero-order chi connectivity index (χ0) is 11.2. The van der Waals surface area contributed by atoms with Crippen molar-refractivity contribution >= 4 is 15.9 Å². The number of hydrogen-bond acceptors (Lipinski definition) is 3. The molecule has 7 aliphatic rings. The van der Waals surface area contributed by atoms with Crippen LogP contribution in [0.15, 0.2) is 0 Å². The number of hydrogen-bond donors (Lipinski definition) is 0. The number of alkyl halides is 1. The number of halogens is 1. The van der Waals surface area contributed by atoms with Crippen molar-refractivity contribution in [2.24, 2.45) is 40.9 Å². The molecule has 0 radical (unpaired) electrons. The van der Waals surface area contributed by atoms with Crippen molar-refractivity contribution in [2.75, 3.05) is 13.2 Å². The fourth-order valence-corrected chi connectivity index (χ4v) is 8.89. The topological polar surface area (TPSA) is 42.2 Å². The van der Waals surface area contributed by atoms with Gasteiger partial charge < -0.3 is 9.47 Å². The lowest BCUT2D eigenvalue weighted by molar-refractivity contribution is -0.192. The Labute approximate surface area is 108 Å². The molecule has 8 atom stereocenters. The van der Waals surface area contributed by atoms with E-state index in [-0.39, 0.29) is 10.1 Å². The van der Waals surface area contributed by atoms with Crippen LogP contribution in [0, 0.1) is 52.3 Å². The summed E-state index contributed by atoms with van der Waals surface area (Å²) in [6.45, 7) is 1.50. The molecule has 0 unspecified atom stereocenters. The number of nitriles is 1. The summed E-state index contributed by atoms with van der Waals surface area (Å²) in [5.74, 6) is 4.05. The summed E-state index contributed by atoms with van der Waals surface area (Å²) in [7, 11) is 0. The van der Waals surface area contributed by atoms with Crippen molar-refractivity contribution in [1.29, 1.82) is 5.26 Å². The monoisotopic (exact) mass is 293 g/mol. The highest BCUT2D eigenvalue weighted by molar-refractivity contribution is 9.10. The molecule has 1 heterocycles. The molecule has 7 fully saturated rings. The first-order valence-corrected chi connectivity index (χ1v) is 7.38. The molecule has 3 nitrogen and oxygen atoms in total. The standard InChI is InChI=1S/C13H12BrNO2/c14-12-7-5-6(7)11(1-2-15)9(10(11)12)8(5)13(12)16-3-4-17-13/h5-10H,1,3-4H2/t5-,6+,7+,8-,9+,10+,11+,12-/m0/s1. The van der Waals surface area contributed by atoms with Gasteiger partial charge in [-0.25, -0.2) is 0 Å². The van der Waals surface area contributed by atoms with Gasteiger partial charge in [-0.15, -0.1) is 0 Å². The van der Waals surface area contributed by atoms with Crippen LogP contribution in [0.4, 0.5) is 0 Å². The van der Waals surface area contributed by atoms with Crippen LogP contribution in [0.1, 0.15) is 6.42 Å². The lowest BCUT2D eigenvalue weighted by atomic mass is 9.92. The zero-order valence-electron chi connectivity index (χ0n) is 9.23. The van der Waals surface area contributed by atoms with E-state index >= 15 is 0 Å². The molecule has 0 aromatic carbocycles. The Morgan fingerprint density at radius 3 is 2.47 bits per heavy atom. The molecule has 6 saturated carbocycles. The van der Waals surface area contributed by atoms with E-state index in [2.05, 4.69) is 22.0 Å². The van der Waals surface area contributed by atoms with Gasteiger partial charge in [0.15, 0.2) is 5.79 Å². The molecular weight excluding hydrogens is 282 g/mol. The fraction of sp³-hybridized carbons (Fsp3) is 0.923. The summed E-state index contributed by atoms with van der Waals surface area (Å²) in [6, 6.07) is 2.44. The highest BCUT2D eigenvalue weighted by Gasteiger charge is 3.08. The highest BCUT2D eigenvalue weighted by Crippen LogP contribution is 3.05. The molecule has 4 heteroatoms. The van der Waals surface area contributed by atoms with Gasteiger partial charge in [-0.2, -0.15) is 5.26 Å². The van der Waals surface area contributed by atoms with Crippen molar-refractivity contribution in [1.82, 2.24) is 0 Å². The normalized spacial score (nSPS) is 73.2. The minimum absolute atomic E-state index is 0.0675. The molecule has 6 aliphatic carbocycles. The maximum atomic E-state index is 9.11. The van der Waals surface area contributed by atoms with E-state index in [4.69, 9.17) is 14.7 Å². The first-order valence-electron chi connectivity index (χ1n) is 6.59. The van der Waals surface area contributed by atoms with E-state index in [0.717, 1.165) is 43.3 Å². The summed E-state index contributed by atoms with van der Waals surface area (Å²) >= 11 is 4.05. The summed E-state index contributed by atoms with van der Waals surface area (Å²) in [6.07, 6.45) is 0.764. The number of rotatable bonds is 1. The second-order valence-electron chi connectivity index (χ2n) is 6.74. The van der Waals surface area contributed by atoms with Crippen molar-refractivity contribution in [3.8, 4) is 6.07 Å². The minimum atomic E-state index is -0.302. The SMILES string of the molecule is N#CC[C@@]12[C@@H]3[C@@H]4[C@H]5[C@@H]1[C@H]2[C@@](Br)([C@H]43)C51OCCO1. The van der Waals surface area contributed by atoms with Crippen molar-refractivity contribution in [2.45, 2.75) is 16.5 Å². The maximum absolute atomic E-state index is 9.11. The lowest BCUT2D eigenvalue weighted by Crippen LogP contribution is -2.50. The third kappa shape index (κ3) is 0.505. The molecule has 7 rings (SSSR count). The maximum Gasteiger partial charge on any atom is 0.187 e. The van der Waals surface area contributed by atoms with Crippen LogP contribution in [-0.4, -0.2) is 23.3 Å². The Morgan fingerprint density at radius 2 is 1.94 bits per heavy atom. The Balaban J connectivity index is 1.59. The van der Waals surface area contributed by atoms with E-state index < -0.39 is 0 Å². The van der Waals surface area contributed by atoms with Crippen LogP contribution in [0.3, 0.4) is 0 Å². The quantitative estimate of drug-likeness (QED) is 0.689. The van der Waals surface area contributed by atoms with Gasteiger partial charge in [0, 0.05) is 12.3 Å². The van der Waals surface area contributed by atoms with Gasteiger partial charge in [0.1, 0.15) is 0 Å². The van der Waals surface area contributed by atoms with E-state index in [9.17, 15) is 0 Å². The molecule has 1 aliphatic heterocycles. The van der Waals surface area contributed by atoms with Crippen LogP contribution in [0.25, 0.3) is 0 Å². The van der Waals surface area contributed by atoms with Crippen LogP contribution >= 0.6 is 15.9 Å². The molecular formula is C13H12BrNO2. The third-order valence-electron chi connectivity index (χ3n) is 6.96. The summed E-state index contributed by atoms with van der Waals surface area (Å²) in [4.78, 5) is 0. The van der Waals surface area contributed by atoms with Gasteiger partial charge in [-0.05, 0) is 35.0 Å². The first-order chi connectivity index (χ1) is 8.25. The van der Waals surface area contributed by atoms with Crippen LogP contribution < -0.4 is 0 Å². The van der Waals surface area contributed by atoms with Crippen LogP contribution in [0.2, 0.25) is 0 Å². The second kappa shape index (κ2) is 2.01. The molecule has 0 aromatic heterocycles. The minimum Gasteiger partial charge on any atom is -0.346 e. The summed E-state index contributed by atoms with van der Waals surface area (Å²) < 4.78 is 12.2. The molecule has 0 aromatic rings. The van der Waals surface area contributed by atoms with E-state index in [1.54, 1.807) is 0 Å². The summed E-state index contributed by atoms with van der Waals surface area (Å²) in [5.41, 5.74) is 0.374. The number of ether oxygens (including phenoxy) is 2. The van der Waals surface area contributed by atoms with Gasteiger partial charge in [0.05, 0.1) is 23.6 Å². The molecule has 17 heavy (non-hydrogen) atoms. The van der Waals surface area contributed by atoms with Crippen LogP contribution in [0.5, 0.6) is 0 Å². The molecule has 2 bridgehead atoms. The van der Waals surface area contributed by atoms with Crippen LogP contribution in [-0.2, 0) is 9.47 Å². The van der Waals surface area contributed by atoms with Crippen molar-refractivity contribution < 1.29 is 9.47 Å². The number of nitrogens with zero attached hydrogens (tertiary/aromatic N) is 1. The zero-order valence-corrected chi connectivity index (χ0v) is 10.8. The van der Waals surface area contributed by atoms with E-state index in [1.807, 2.05) is 0 Å². The van der Waals surface area contributed by atoms with Gasteiger partial charge in [-0.3, -0.25) is 0 Å². The van der Waals surface area contributed by atoms with Gasteiger partial charge in [-0.1, -0.05) is 15.9 Å². The molecule has 1 spiro atoms. The largest absolute Gasteiger partial charge is 0.346 e. The smallest absolute Gasteiger partial charge is 0.187 e. The average molecular weight is 294 g/mol. The Kier molecular flexibility index (Phi) is 1.05. The first kappa shape index (κ1) is 8.90. The predicted molar refractivity (Wildman–Crippen MR) is 59.9 cm³/mol. The summed E-state index contributed by atoms with van der Waals surface area (Å²) in [5, 5.41) is 9.11. The van der Waals surface area contributed by atoms with Gasteiger partial charge >= 0.3 is 0 Å². The average Bonchev–Trinajstić information content (AvgIpc) is 2.99. The fourth-order valence-electron chi connectivity index (χ4n) is 7.09. The van der Waals surface area contributed by atoms with E-state index in [1.165, 1.54) is 0 Å². The van der Waals surface area contributed by atoms with Crippen molar-refractivity contribution in [3.05, 3.63) is 0 Å². The van der Waals surface area contributed by atoms with E-state index in [0.29, 0.717) is 17.3 Å². The highest BCUT2D eigenvalue weighted by atomic mass is 79.9. The molecule has 88 valence electrons. The molecule has 1 saturated heterocycles. The second-order valence-corrected chi connectivity index (χ2v) is 8.05.